The fraction of sp³-hybridized carbons (Fsp3) is 0.500. The first-order chi connectivity index (χ1) is 8.36. The maximum atomic E-state index is 5.31. The summed E-state index contributed by atoms with van der Waals surface area (Å²) >= 11 is 3.20. The fourth-order valence-corrected chi connectivity index (χ4v) is 2.93. The van der Waals surface area contributed by atoms with Crippen LogP contribution in [0.2, 0.25) is 0 Å². The Morgan fingerprint density at radius 1 is 1.47 bits per heavy atom. The Hall–Kier alpha value is -0.920. The van der Waals surface area contributed by atoms with E-state index in [-0.39, 0.29) is 5.92 Å². The van der Waals surface area contributed by atoms with E-state index < -0.39 is 0 Å². The van der Waals surface area contributed by atoms with Crippen molar-refractivity contribution in [3.63, 3.8) is 0 Å². The summed E-state index contributed by atoms with van der Waals surface area (Å²) in [6.45, 7) is 1.47. The Kier molecular flexibility index (Phi) is 3.13. The summed E-state index contributed by atoms with van der Waals surface area (Å²) in [5.74, 6) is 1.51. The van der Waals surface area contributed by atoms with E-state index in [1.807, 2.05) is 11.6 Å². The molecule has 0 saturated carbocycles. The third-order valence-corrected chi connectivity index (χ3v) is 4.48. The van der Waals surface area contributed by atoms with Gasteiger partial charge in [0.2, 0.25) is 0 Å². The van der Waals surface area contributed by atoms with Crippen molar-refractivity contribution < 1.29 is 9.26 Å². The fourth-order valence-electron chi connectivity index (χ4n) is 1.69. The molecule has 0 bridgehead atoms. The molecule has 5 nitrogen and oxygen atoms in total. The van der Waals surface area contributed by atoms with Gasteiger partial charge in [0.05, 0.1) is 6.61 Å². The van der Waals surface area contributed by atoms with Gasteiger partial charge in [0.25, 0.3) is 5.89 Å². The van der Waals surface area contributed by atoms with E-state index in [0.29, 0.717) is 12.5 Å². The average molecular weight is 269 g/mol. The van der Waals surface area contributed by atoms with Crippen LogP contribution in [0.5, 0.6) is 0 Å². The highest BCUT2D eigenvalue weighted by Crippen LogP contribution is 2.28. The highest BCUT2D eigenvalue weighted by atomic mass is 32.2. The van der Waals surface area contributed by atoms with Gasteiger partial charge in [-0.1, -0.05) is 16.9 Å². The van der Waals surface area contributed by atoms with E-state index in [1.165, 1.54) is 0 Å². The van der Waals surface area contributed by atoms with E-state index in [9.17, 15) is 0 Å². The normalized spacial score (nSPS) is 19.9. The van der Waals surface area contributed by atoms with Gasteiger partial charge in [-0.05, 0) is 12.7 Å². The van der Waals surface area contributed by atoms with Crippen LogP contribution >= 0.6 is 23.1 Å². The largest absolute Gasteiger partial charge is 0.381 e. The van der Waals surface area contributed by atoms with Crippen LogP contribution < -0.4 is 0 Å². The molecule has 2 aromatic heterocycles. The molecule has 0 aromatic carbocycles. The minimum atomic E-state index is 0.270. The van der Waals surface area contributed by atoms with Crippen molar-refractivity contribution in [3.8, 4) is 11.6 Å². The van der Waals surface area contributed by atoms with Crippen LogP contribution in [0.1, 0.15) is 18.2 Å². The van der Waals surface area contributed by atoms with Crippen molar-refractivity contribution in [1.82, 2.24) is 15.1 Å². The zero-order valence-electron chi connectivity index (χ0n) is 9.25. The Morgan fingerprint density at radius 2 is 2.41 bits per heavy atom. The zero-order valence-corrected chi connectivity index (χ0v) is 10.9. The van der Waals surface area contributed by atoms with Crippen molar-refractivity contribution in [2.45, 2.75) is 16.7 Å². The molecule has 1 aliphatic heterocycles. The average Bonchev–Trinajstić information content (AvgIpc) is 3.09. The van der Waals surface area contributed by atoms with Gasteiger partial charge in [0, 0.05) is 17.9 Å². The summed E-state index contributed by atoms with van der Waals surface area (Å²) in [5, 5.41) is 5.94. The number of aromatic nitrogens is 3. The van der Waals surface area contributed by atoms with Crippen molar-refractivity contribution >= 4 is 23.1 Å². The molecule has 3 rings (SSSR count). The molecular formula is C10H11N3O2S2. The summed E-state index contributed by atoms with van der Waals surface area (Å²) in [7, 11) is 0. The predicted molar refractivity (Wildman–Crippen MR) is 65.4 cm³/mol. The molecule has 90 valence electrons. The number of nitrogens with zero attached hydrogens (tertiary/aromatic N) is 3. The smallest absolute Gasteiger partial charge is 0.277 e. The first kappa shape index (κ1) is 11.2. The lowest BCUT2D eigenvalue weighted by Crippen LogP contribution is -1.99. The lowest BCUT2D eigenvalue weighted by Gasteiger charge is -1.97. The van der Waals surface area contributed by atoms with Crippen LogP contribution in [-0.4, -0.2) is 34.6 Å². The number of thiazole rings is 1. The van der Waals surface area contributed by atoms with Gasteiger partial charge in [-0.25, -0.2) is 4.98 Å². The third-order valence-electron chi connectivity index (χ3n) is 2.61. The molecule has 3 heterocycles. The topological polar surface area (TPSA) is 61.0 Å². The Balaban J connectivity index is 1.83. The second-order valence-corrected chi connectivity index (χ2v) is 5.63. The van der Waals surface area contributed by atoms with Gasteiger partial charge in [-0.2, -0.15) is 4.98 Å². The van der Waals surface area contributed by atoms with E-state index in [1.54, 1.807) is 23.1 Å². The number of ether oxygens (including phenoxy) is 1. The SMILES string of the molecule is CSc1nc(-c2nc([C@@H]3CCOC3)no2)cs1. The highest BCUT2D eigenvalue weighted by molar-refractivity contribution is 8.00. The van der Waals surface area contributed by atoms with Gasteiger partial charge >= 0.3 is 0 Å². The number of hydrogen-bond acceptors (Lipinski definition) is 7. The molecule has 7 heteroatoms. The van der Waals surface area contributed by atoms with Gasteiger partial charge < -0.3 is 9.26 Å². The quantitative estimate of drug-likeness (QED) is 0.797. The van der Waals surface area contributed by atoms with Crippen LogP contribution in [0.25, 0.3) is 11.6 Å². The van der Waals surface area contributed by atoms with E-state index in [4.69, 9.17) is 9.26 Å². The number of thioether (sulfide) groups is 1. The second kappa shape index (κ2) is 4.75. The zero-order chi connectivity index (χ0) is 11.7. The Labute approximate surface area is 107 Å². The number of hydrogen-bond donors (Lipinski definition) is 0. The first-order valence-electron chi connectivity index (χ1n) is 5.28. The predicted octanol–water partition coefficient (Wildman–Crippen LogP) is 2.42. The molecule has 0 N–H and O–H groups in total. The molecule has 1 aliphatic rings. The van der Waals surface area contributed by atoms with Crippen LogP contribution in [-0.2, 0) is 4.74 Å². The molecule has 0 unspecified atom stereocenters. The Morgan fingerprint density at radius 3 is 3.12 bits per heavy atom. The summed E-state index contributed by atoms with van der Waals surface area (Å²) in [5.41, 5.74) is 0.761. The van der Waals surface area contributed by atoms with Gasteiger partial charge in [0.15, 0.2) is 5.82 Å². The molecular weight excluding hydrogens is 258 g/mol. The Bertz CT molecular complexity index is 505. The molecule has 17 heavy (non-hydrogen) atoms. The summed E-state index contributed by atoms with van der Waals surface area (Å²) < 4.78 is 11.6. The second-order valence-electron chi connectivity index (χ2n) is 3.72. The van der Waals surface area contributed by atoms with Gasteiger partial charge in [0.1, 0.15) is 10.0 Å². The third kappa shape index (κ3) is 2.22. The van der Waals surface area contributed by atoms with Crippen LogP contribution in [0, 0.1) is 0 Å². The lowest BCUT2D eigenvalue weighted by atomic mass is 10.1. The lowest BCUT2D eigenvalue weighted by molar-refractivity contribution is 0.192. The highest BCUT2D eigenvalue weighted by Gasteiger charge is 2.24. The minimum absolute atomic E-state index is 0.270. The minimum Gasteiger partial charge on any atom is -0.381 e. The monoisotopic (exact) mass is 269 g/mol. The van der Waals surface area contributed by atoms with Crippen molar-refractivity contribution in [1.29, 1.82) is 0 Å². The summed E-state index contributed by atoms with van der Waals surface area (Å²) in [4.78, 5) is 8.78. The van der Waals surface area contributed by atoms with Gasteiger partial charge in [-0.3, -0.25) is 0 Å². The standard InChI is InChI=1S/C10H11N3O2S2/c1-16-10-11-7(5-17-10)9-12-8(13-15-9)6-2-3-14-4-6/h5-6H,2-4H2,1H3/t6-/m1/s1. The van der Waals surface area contributed by atoms with E-state index >= 15 is 0 Å². The van der Waals surface area contributed by atoms with E-state index in [2.05, 4.69) is 15.1 Å². The van der Waals surface area contributed by atoms with Crippen LogP contribution in [0.3, 0.4) is 0 Å². The van der Waals surface area contributed by atoms with Crippen LogP contribution in [0.15, 0.2) is 14.2 Å². The molecule has 2 aromatic rings. The van der Waals surface area contributed by atoms with Gasteiger partial charge in [-0.15, -0.1) is 11.3 Å². The maximum Gasteiger partial charge on any atom is 0.277 e. The molecule has 1 fully saturated rings. The van der Waals surface area contributed by atoms with E-state index in [0.717, 1.165) is 28.9 Å². The molecule has 1 saturated heterocycles. The maximum absolute atomic E-state index is 5.31. The molecule has 0 aliphatic carbocycles. The van der Waals surface area contributed by atoms with Crippen molar-refractivity contribution in [2.75, 3.05) is 19.5 Å². The molecule has 0 radical (unpaired) electrons. The molecule has 1 atom stereocenters. The molecule has 0 spiro atoms. The van der Waals surface area contributed by atoms with Crippen molar-refractivity contribution in [3.05, 3.63) is 11.2 Å². The number of rotatable bonds is 3. The molecule has 0 amide bonds. The first-order valence-corrected chi connectivity index (χ1v) is 7.38. The summed E-state index contributed by atoms with van der Waals surface area (Å²) in [6, 6.07) is 0. The summed E-state index contributed by atoms with van der Waals surface area (Å²) in [6.07, 6.45) is 2.96. The van der Waals surface area contributed by atoms with Crippen molar-refractivity contribution in [2.24, 2.45) is 0 Å². The van der Waals surface area contributed by atoms with Crippen LogP contribution in [0.4, 0.5) is 0 Å².